The highest BCUT2D eigenvalue weighted by Gasteiger charge is 2.24. The highest BCUT2D eigenvalue weighted by atomic mass is 32.1. The second-order valence-corrected chi connectivity index (χ2v) is 6.86. The molecule has 7 heteroatoms. The number of rotatable bonds is 6. The summed E-state index contributed by atoms with van der Waals surface area (Å²) in [6, 6.07) is 4.85. The largest absolute Gasteiger partial charge is 0.352 e. The summed E-state index contributed by atoms with van der Waals surface area (Å²) >= 11 is 1.82. The smallest absolute Gasteiger partial charge is 0.292 e. The molecule has 0 aromatic carbocycles. The molecule has 23 heavy (non-hydrogen) atoms. The topological polar surface area (TPSA) is 71.3 Å². The SMILES string of the molecule is CNC(=O)c1noc(CN2CCCCC2CCc2cccs2)n1. The van der Waals surface area contributed by atoms with Crippen LogP contribution in [0.4, 0.5) is 0 Å². The van der Waals surface area contributed by atoms with Gasteiger partial charge in [-0.3, -0.25) is 9.69 Å². The van der Waals surface area contributed by atoms with Crippen molar-refractivity contribution in [1.29, 1.82) is 0 Å². The summed E-state index contributed by atoms with van der Waals surface area (Å²) in [5.41, 5.74) is 0. The zero-order valence-corrected chi connectivity index (χ0v) is 14.1. The van der Waals surface area contributed by atoms with Crippen LogP contribution in [-0.2, 0) is 13.0 Å². The summed E-state index contributed by atoms with van der Waals surface area (Å²) in [5, 5.41) is 8.38. The number of nitrogens with one attached hydrogen (secondary N) is 1. The summed E-state index contributed by atoms with van der Waals surface area (Å²) in [6.45, 7) is 1.67. The fourth-order valence-electron chi connectivity index (χ4n) is 3.06. The predicted octanol–water partition coefficient (Wildman–Crippen LogP) is 2.48. The predicted molar refractivity (Wildman–Crippen MR) is 88.4 cm³/mol. The van der Waals surface area contributed by atoms with Gasteiger partial charge in [-0.2, -0.15) is 4.98 Å². The van der Waals surface area contributed by atoms with E-state index in [9.17, 15) is 4.79 Å². The number of hydrogen-bond donors (Lipinski definition) is 1. The van der Waals surface area contributed by atoms with Crippen LogP contribution in [0.5, 0.6) is 0 Å². The number of carbonyl (C=O) groups excluding carboxylic acids is 1. The monoisotopic (exact) mass is 334 g/mol. The molecule has 1 atom stereocenters. The van der Waals surface area contributed by atoms with Gasteiger partial charge in [0, 0.05) is 18.0 Å². The maximum atomic E-state index is 11.5. The molecule has 3 rings (SSSR count). The molecule has 2 aromatic rings. The van der Waals surface area contributed by atoms with Crippen LogP contribution in [0, 0.1) is 0 Å². The third kappa shape index (κ3) is 4.17. The lowest BCUT2D eigenvalue weighted by molar-refractivity contribution is 0.0949. The van der Waals surface area contributed by atoms with Crippen LogP contribution in [0.1, 0.15) is 47.1 Å². The summed E-state index contributed by atoms with van der Waals surface area (Å²) in [5.74, 6) is 0.314. The van der Waals surface area contributed by atoms with Gasteiger partial charge in [0.2, 0.25) is 5.89 Å². The molecule has 1 unspecified atom stereocenters. The lowest BCUT2D eigenvalue weighted by Crippen LogP contribution is -2.39. The van der Waals surface area contributed by atoms with Crippen LogP contribution in [0.25, 0.3) is 0 Å². The van der Waals surface area contributed by atoms with Crippen molar-refractivity contribution in [3.05, 3.63) is 34.1 Å². The second kappa shape index (κ2) is 7.70. The van der Waals surface area contributed by atoms with Crippen LogP contribution in [0.3, 0.4) is 0 Å². The molecule has 1 fully saturated rings. The number of piperidine rings is 1. The van der Waals surface area contributed by atoms with Crippen LogP contribution >= 0.6 is 11.3 Å². The lowest BCUT2D eigenvalue weighted by atomic mass is 9.97. The Hall–Kier alpha value is -1.73. The second-order valence-electron chi connectivity index (χ2n) is 5.83. The summed E-state index contributed by atoms with van der Waals surface area (Å²) < 4.78 is 5.23. The molecule has 6 nitrogen and oxygen atoms in total. The number of hydrogen-bond acceptors (Lipinski definition) is 6. The van der Waals surface area contributed by atoms with Gasteiger partial charge in [-0.15, -0.1) is 11.3 Å². The molecular weight excluding hydrogens is 312 g/mol. The van der Waals surface area contributed by atoms with E-state index in [1.54, 1.807) is 7.05 Å². The number of aryl methyl sites for hydroxylation is 1. The molecule has 0 radical (unpaired) electrons. The van der Waals surface area contributed by atoms with E-state index in [-0.39, 0.29) is 11.7 Å². The van der Waals surface area contributed by atoms with E-state index in [1.807, 2.05) is 11.3 Å². The Kier molecular flexibility index (Phi) is 5.40. The normalized spacial score (nSPS) is 18.9. The standard InChI is InChI=1S/C16H22N4O2S/c1-17-16(21)15-18-14(22-19-15)11-20-9-3-2-5-12(20)7-8-13-6-4-10-23-13/h4,6,10,12H,2-3,5,7-9,11H2,1H3,(H,17,21). The van der Waals surface area contributed by atoms with Gasteiger partial charge < -0.3 is 9.84 Å². The molecule has 1 aliphatic rings. The molecule has 0 bridgehead atoms. The molecule has 2 aromatic heterocycles. The third-order valence-electron chi connectivity index (χ3n) is 4.29. The average molecular weight is 334 g/mol. The Morgan fingerprint density at radius 1 is 1.52 bits per heavy atom. The van der Waals surface area contributed by atoms with E-state index in [2.05, 4.69) is 37.9 Å². The van der Waals surface area contributed by atoms with Gasteiger partial charge >= 0.3 is 0 Å². The first-order valence-electron chi connectivity index (χ1n) is 8.07. The quantitative estimate of drug-likeness (QED) is 0.879. The molecule has 0 aliphatic carbocycles. The van der Waals surface area contributed by atoms with E-state index in [0.717, 1.165) is 19.4 Å². The Morgan fingerprint density at radius 3 is 3.22 bits per heavy atom. The van der Waals surface area contributed by atoms with Gasteiger partial charge in [0.15, 0.2) is 0 Å². The van der Waals surface area contributed by atoms with Crippen LogP contribution in [0.2, 0.25) is 0 Å². The maximum absolute atomic E-state index is 11.5. The first kappa shape index (κ1) is 16.1. The van der Waals surface area contributed by atoms with E-state index in [0.29, 0.717) is 18.5 Å². The molecule has 0 saturated carbocycles. The maximum Gasteiger partial charge on any atom is 0.292 e. The zero-order chi connectivity index (χ0) is 16.1. The van der Waals surface area contributed by atoms with Crippen LogP contribution in [-0.4, -0.2) is 40.6 Å². The molecule has 1 N–H and O–H groups in total. The van der Waals surface area contributed by atoms with Crippen molar-refractivity contribution in [2.75, 3.05) is 13.6 Å². The minimum Gasteiger partial charge on any atom is -0.352 e. The van der Waals surface area contributed by atoms with Crippen molar-refractivity contribution in [2.24, 2.45) is 0 Å². The number of amides is 1. The third-order valence-corrected chi connectivity index (χ3v) is 5.23. The van der Waals surface area contributed by atoms with Crippen molar-refractivity contribution in [3.63, 3.8) is 0 Å². The van der Waals surface area contributed by atoms with Crippen molar-refractivity contribution >= 4 is 17.2 Å². The highest BCUT2D eigenvalue weighted by Crippen LogP contribution is 2.24. The van der Waals surface area contributed by atoms with Gasteiger partial charge in [-0.25, -0.2) is 0 Å². The first-order valence-corrected chi connectivity index (χ1v) is 8.95. The minimum atomic E-state index is -0.312. The van der Waals surface area contributed by atoms with E-state index < -0.39 is 0 Å². The fourth-order valence-corrected chi connectivity index (χ4v) is 3.78. The first-order chi connectivity index (χ1) is 11.3. The fraction of sp³-hybridized carbons (Fsp3) is 0.562. The Morgan fingerprint density at radius 2 is 2.43 bits per heavy atom. The number of aromatic nitrogens is 2. The van der Waals surface area contributed by atoms with Crippen LogP contribution in [0.15, 0.2) is 22.0 Å². The molecule has 0 spiro atoms. The van der Waals surface area contributed by atoms with Crippen molar-refractivity contribution in [3.8, 4) is 0 Å². The van der Waals surface area contributed by atoms with Crippen molar-refractivity contribution in [1.82, 2.24) is 20.4 Å². The number of likely N-dealkylation sites (tertiary alicyclic amines) is 1. The van der Waals surface area contributed by atoms with E-state index >= 15 is 0 Å². The Bertz CT molecular complexity index is 626. The molecule has 1 amide bonds. The number of carbonyl (C=O) groups is 1. The number of nitrogens with zero attached hydrogens (tertiary/aromatic N) is 3. The number of thiophene rings is 1. The molecular formula is C16H22N4O2S. The summed E-state index contributed by atoms with van der Waals surface area (Å²) in [7, 11) is 1.56. The minimum absolute atomic E-state index is 0.106. The summed E-state index contributed by atoms with van der Waals surface area (Å²) in [6.07, 6.45) is 5.95. The van der Waals surface area contributed by atoms with E-state index in [1.165, 1.54) is 24.1 Å². The molecule has 1 aliphatic heterocycles. The molecule has 3 heterocycles. The van der Waals surface area contributed by atoms with Crippen molar-refractivity contribution < 1.29 is 9.32 Å². The van der Waals surface area contributed by atoms with Gasteiger partial charge in [-0.1, -0.05) is 17.6 Å². The highest BCUT2D eigenvalue weighted by molar-refractivity contribution is 7.09. The zero-order valence-electron chi connectivity index (χ0n) is 13.3. The Balaban J connectivity index is 1.59. The van der Waals surface area contributed by atoms with E-state index in [4.69, 9.17) is 4.52 Å². The van der Waals surface area contributed by atoms with Gasteiger partial charge in [0.25, 0.3) is 11.7 Å². The average Bonchev–Trinajstić information content (AvgIpc) is 3.25. The summed E-state index contributed by atoms with van der Waals surface area (Å²) in [4.78, 5) is 19.6. The van der Waals surface area contributed by atoms with Crippen molar-refractivity contribution in [2.45, 2.75) is 44.7 Å². The molecule has 124 valence electrons. The van der Waals surface area contributed by atoms with Crippen LogP contribution < -0.4 is 5.32 Å². The van der Waals surface area contributed by atoms with Gasteiger partial charge in [0.05, 0.1) is 6.54 Å². The van der Waals surface area contributed by atoms with Gasteiger partial charge in [0.1, 0.15) is 0 Å². The lowest BCUT2D eigenvalue weighted by Gasteiger charge is -2.34. The Labute approximate surface area is 139 Å². The van der Waals surface area contributed by atoms with Gasteiger partial charge in [-0.05, 0) is 43.7 Å². The molecule has 1 saturated heterocycles.